The molecule has 2 N–H and O–H groups in total. The van der Waals surface area contributed by atoms with Gasteiger partial charge in [0.05, 0.1) is 12.0 Å². The number of aryl methyl sites for hydroxylation is 1. The van der Waals surface area contributed by atoms with Crippen LogP contribution in [-0.2, 0) is 4.79 Å². The van der Waals surface area contributed by atoms with E-state index in [1.807, 2.05) is 38.1 Å². The fourth-order valence-corrected chi connectivity index (χ4v) is 3.04. The molecule has 2 aromatic rings. The Kier molecular flexibility index (Phi) is 4.43. The summed E-state index contributed by atoms with van der Waals surface area (Å²) in [6, 6.07) is 7.95. The smallest absolute Gasteiger partial charge is 0.247 e. The number of primary amides is 1. The Morgan fingerprint density at radius 2 is 2.26 bits per heavy atom. The summed E-state index contributed by atoms with van der Waals surface area (Å²) in [7, 11) is 0. The molecule has 0 unspecified atom stereocenters. The molecular formula is C17H22N4O2. The zero-order valence-electron chi connectivity index (χ0n) is 13.5. The minimum atomic E-state index is -0.229. The summed E-state index contributed by atoms with van der Waals surface area (Å²) in [6.07, 6.45) is 1.81. The molecular weight excluding hydrogens is 292 g/mol. The minimum absolute atomic E-state index is 0.0248. The van der Waals surface area contributed by atoms with E-state index in [4.69, 9.17) is 10.2 Å². The van der Waals surface area contributed by atoms with Crippen LogP contribution in [0.4, 0.5) is 0 Å². The first kappa shape index (κ1) is 15.7. The highest BCUT2D eigenvalue weighted by Gasteiger charge is 2.29. The Hall–Kier alpha value is -2.21. The highest BCUT2D eigenvalue weighted by atomic mass is 16.4. The van der Waals surface area contributed by atoms with Gasteiger partial charge in [0.2, 0.25) is 17.7 Å². The number of rotatable bonds is 4. The summed E-state index contributed by atoms with van der Waals surface area (Å²) in [5, 5.41) is 8.36. The SMILES string of the molecule is Cc1cccc(-c2nnc([C@@H](C)N3CCC[C@H](C(N)=O)C3)o2)c1. The molecule has 23 heavy (non-hydrogen) atoms. The van der Waals surface area contributed by atoms with Crippen molar-refractivity contribution in [1.29, 1.82) is 0 Å². The van der Waals surface area contributed by atoms with Gasteiger partial charge in [-0.05, 0) is 45.4 Å². The van der Waals surface area contributed by atoms with Gasteiger partial charge in [-0.3, -0.25) is 9.69 Å². The van der Waals surface area contributed by atoms with Gasteiger partial charge in [0.25, 0.3) is 0 Å². The minimum Gasteiger partial charge on any atom is -0.419 e. The average molecular weight is 314 g/mol. The molecule has 0 bridgehead atoms. The van der Waals surface area contributed by atoms with Crippen LogP contribution in [0.15, 0.2) is 28.7 Å². The van der Waals surface area contributed by atoms with Crippen molar-refractivity contribution >= 4 is 5.91 Å². The first-order chi connectivity index (χ1) is 11.0. The number of nitrogens with two attached hydrogens (primary N) is 1. The summed E-state index contributed by atoms with van der Waals surface area (Å²) < 4.78 is 5.86. The van der Waals surface area contributed by atoms with Crippen LogP contribution in [0.1, 0.15) is 37.3 Å². The summed E-state index contributed by atoms with van der Waals surface area (Å²) in [4.78, 5) is 13.6. The van der Waals surface area contributed by atoms with Gasteiger partial charge < -0.3 is 10.2 Å². The number of hydrogen-bond acceptors (Lipinski definition) is 5. The van der Waals surface area contributed by atoms with Crippen LogP contribution < -0.4 is 5.73 Å². The van der Waals surface area contributed by atoms with Crippen LogP contribution >= 0.6 is 0 Å². The van der Waals surface area contributed by atoms with E-state index in [-0.39, 0.29) is 17.9 Å². The lowest BCUT2D eigenvalue weighted by Gasteiger charge is -2.33. The topological polar surface area (TPSA) is 85.3 Å². The van der Waals surface area contributed by atoms with Crippen LogP contribution in [-0.4, -0.2) is 34.1 Å². The Labute approximate surface area is 135 Å². The standard InChI is InChI=1S/C17H22N4O2/c1-11-5-3-6-13(9-11)17-20-19-16(23-17)12(2)21-8-4-7-14(10-21)15(18)22/h3,5-6,9,12,14H,4,7-8,10H2,1-2H3,(H2,18,22)/t12-,14+/m1/s1. The Bertz CT molecular complexity index is 697. The van der Waals surface area contributed by atoms with E-state index in [1.165, 1.54) is 0 Å². The molecule has 1 aliphatic heterocycles. The van der Waals surface area contributed by atoms with Crippen molar-refractivity contribution in [3.63, 3.8) is 0 Å². The molecule has 1 amide bonds. The summed E-state index contributed by atoms with van der Waals surface area (Å²) >= 11 is 0. The van der Waals surface area contributed by atoms with E-state index >= 15 is 0 Å². The number of nitrogens with zero attached hydrogens (tertiary/aromatic N) is 3. The van der Waals surface area contributed by atoms with Gasteiger partial charge in [-0.15, -0.1) is 10.2 Å². The second kappa shape index (κ2) is 6.50. The molecule has 1 aliphatic rings. The van der Waals surface area contributed by atoms with Crippen LogP contribution in [0.3, 0.4) is 0 Å². The zero-order valence-corrected chi connectivity index (χ0v) is 13.5. The maximum atomic E-state index is 11.4. The Morgan fingerprint density at radius 3 is 3.00 bits per heavy atom. The fraction of sp³-hybridized carbons (Fsp3) is 0.471. The predicted molar refractivity (Wildman–Crippen MR) is 86.4 cm³/mol. The summed E-state index contributed by atoms with van der Waals surface area (Å²) in [5.74, 6) is 0.781. The van der Waals surface area contributed by atoms with Crippen molar-refractivity contribution in [3.05, 3.63) is 35.7 Å². The third kappa shape index (κ3) is 3.42. The number of likely N-dealkylation sites (tertiary alicyclic amines) is 1. The number of hydrogen-bond donors (Lipinski definition) is 1. The first-order valence-electron chi connectivity index (χ1n) is 7.98. The largest absolute Gasteiger partial charge is 0.419 e. The normalized spacial score (nSPS) is 20.3. The van der Waals surface area contributed by atoms with Crippen molar-refractivity contribution in [3.8, 4) is 11.5 Å². The Balaban J connectivity index is 1.76. The third-order valence-electron chi connectivity index (χ3n) is 4.47. The molecule has 1 aromatic heterocycles. The van der Waals surface area contributed by atoms with Crippen molar-refractivity contribution in [1.82, 2.24) is 15.1 Å². The van der Waals surface area contributed by atoms with Crippen molar-refractivity contribution in [2.24, 2.45) is 11.7 Å². The highest BCUT2D eigenvalue weighted by molar-refractivity contribution is 5.76. The van der Waals surface area contributed by atoms with E-state index in [9.17, 15) is 4.79 Å². The van der Waals surface area contributed by atoms with Crippen LogP contribution in [0.2, 0.25) is 0 Å². The fourth-order valence-electron chi connectivity index (χ4n) is 3.04. The van der Waals surface area contributed by atoms with E-state index in [0.717, 1.165) is 30.5 Å². The van der Waals surface area contributed by atoms with Crippen molar-refractivity contribution in [2.45, 2.75) is 32.7 Å². The van der Waals surface area contributed by atoms with Crippen LogP contribution in [0.5, 0.6) is 0 Å². The molecule has 6 nitrogen and oxygen atoms in total. The molecule has 0 radical (unpaired) electrons. The third-order valence-corrected chi connectivity index (χ3v) is 4.47. The Morgan fingerprint density at radius 1 is 1.43 bits per heavy atom. The molecule has 1 aromatic carbocycles. The summed E-state index contributed by atoms with van der Waals surface area (Å²) in [5.41, 5.74) is 7.52. The van der Waals surface area contributed by atoms with Gasteiger partial charge >= 0.3 is 0 Å². The average Bonchev–Trinajstić information content (AvgIpc) is 3.04. The van der Waals surface area contributed by atoms with E-state index in [0.29, 0.717) is 18.3 Å². The van der Waals surface area contributed by atoms with Crippen molar-refractivity contribution in [2.75, 3.05) is 13.1 Å². The van der Waals surface area contributed by atoms with Crippen LogP contribution in [0, 0.1) is 12.8 Å². The summed E-state index contributed by atoms with van der Waals surface area (Å²) in [6.45, 7) is 5.61. The lowest BCUT2D eigenvalue weighted by Crippen LogP contribution is -2.42. The van der Waals surface area contributed by atoms with Gasteiger partial charge in [-0.2, -0.15) is 0 Å². The van der Waals surface area contributed by atoms with E-state index in [1.54, 1.807) is 0 Å². The molecule has 3 rings (SSSR count). The highest BCUT2D eigenvalue weighted by Crippen LogP contribution is 2.28. The number of aromatic nitrogens is 2. The second-order valence-corrected chi connectivity index (χ2v) is 6.23. The van der Waals surface area contributed by atoms with Crippen LogP contribution in [0.25, 0.3) is 11.5 Å². The molecule has 0 aliphatic carbocycles. The number of amides is 1. The van der Waals surface area contributed by atoms with E-state index in [2.05, 4.69) is 15.1 Å². The van der Waals surface area contributed by atoms with Crippen molar-refractivity contribution < 1.29 is 9.21 Å². The lowest BCUT2D eigenvalue weighted by molar-refractivity contribution is -0.123. The molecule has 6 heteroatoms. The maximum absolute atomic E-state index is 11.4. The van der Waals surface area contributed by atoms with Gasteiger partial charge in [0.15, 0.2) is 0 Å². The van der Waals surface area contributed by atoms with Gasteiger partial charge in [-0.25, -0.2) is 0 Å². The predicted octanol–water partition coefficient (Wildman–Crippen LogP) is 2.30. The maximum Gasteiger partial charge on any atom is 0.247 e. The molecule has 1 saturated heterocycles. The monoisotopic (exact) mass is 314 g/mol. The van der Waals surface area contributed by atoms with Gasteiger partial charge in [-0.1, -0.05) is 17.7 Å². The zero-order chi connectivity index (χ0) is 16.4. The first-order valence-corrected chi connectivity index (χ1v) is 7.98. The molecule has 122 valence electrons. The quantitative estimate of drug-likeness (QED) is 0.936. The molecule has 0 saturated carbocycles. The molecule has 1 fully saturated rings. The molecule has 0 spiro atoms. The number of benzene rings is 1. The van der Waals surface area contributed by atoms with Gasteiger partial charge in [0, 0.05) is 12.1 Å². The number of piperidine rings is 1. The molecule has 2 atom stereocenters. The van der Waals surface area contributed by atoms with Gasteiger partial charge in [0.1, 0.15) is 0 Å². The number of carbonyl (C=O) groups excluding carboxylic acids is 1. The second-order valence-electron chi connectivity index (χ2n) is 6.23. The lowest BCUT2D eigenvalue weighted by atomic mass is 9.96. The molecule has 2 heterocycles. The number of carbonyl (C=O) groups is 1. The van der Waals surface area contributed by atoms with E-state index < -0.39 is 0 Å².